The lowest BCUT2D eigenvalue weighted by atomic mass is 10.2. The predicted molar refractivity (Wildman–Crippen MR) is 78.3 cm³/mol. The number of rotatable bonds is 3. The number of carbonyl (C=O) groups is 1. The number of carbonyl (C=O) groups excluding carboxylic acids is 1. The molecule has 0 aliphatic heterocycles. The van der Waals surface area contributed by atoms with Crippen LogP contribution in [0.2, 0.25) is 0 Å². The van der Waals surface area contributed by atoms with Crippen molar-refractivity contribution in [3.8, 4) is 0 Å². The van der Waals surface area contributed by atoms with Gasteiger partial charge in [-0.15, -0.1) is 0 Å². The van der Waals surface area contributed by atoms with Crippen LogP contribution in [0.4, 0.5) is 5.69 Å². The van der Waals surface area contributed by atoms with E-state index in [0.717, 1.165) is 11.3 Å². The highest BCUT2D eigenvalue weighted by molar-refractivity contribution is 7.80. The van der Waals surface area contributed by atoms with E-state index in [1.54, 1.807) is 36.0 Å². The molecule has 2 N–H and O–H groups in total. The number of imidazole rings is 1. The number of hydrogen-bond donors (Lipinski definition) is 1. The summed E-state index contributed by atoms with van der Waals surface area (Å²) in [5.41, 5.74) is 7.57. The summed E-state index contributed by atoms with van der Waals surface area (Å²) in [6.07, 6.45) is 3.13. The number of nitrogens with two attached hydrogens (primary N) is 1. The Kier molecular flexibility index (Phi) is 3.62. The van der Waals surface area contributed by atoms with Crippen molar-refractivity contribution in [1.29, 1.82) is 0 Å². The second kappa shape index (κ2) is 5.19. The van der Waals surface area contributed by atoms with Gasteiger partial charge in [-0.2, -0.15) is 0 Å². The SMILES string of the molecule is CN(C(=O)c1cncn1C)c1cccc(C(N)=S)c1. The molecule has 1 amide bonds. The smallest absolute Gasteiger partial charge is 0.276 e. The van der Waals surface area contributed by atoms with Gasteiger partial charge in [-0.1, -0.05) is 24.4 Å². The zero-order valence-electron chi connectivity index (χ0n) is 10.7. The zero-order chi connectivity index (χ0) is 14.0. The van der Waals surface area contributed by atoms with Crippen LogP contribution in [0.3, 0.4) is 0 Å². The predicted octanol–water partition coefficient (Wildman–Crippen LogP) is 1.33. The molecule has 2 aromatic rings. The molecule has 0 atom stereocenters. The first-order chi connectivity index (χ1) is 9.00. The molecule has 98 valence electrons. The molecule has 0 radical (unpaired) electrons. The second-order valence-corrected chi connectivity index (χ2v) is 4.61. The first kappa shape index (κ1) is 13.2. The van der Waals surface area contributed by atoms with Crippen LogP contribution >= 0.6 is 12.2 Å². The van der Waals surface area contributed by atoms with Gasteiger partial charge in [0.1, 0.15) is 10.7 Å². The molecule has 5 nitrogen and oxygen atoms in total. The molecular weight excluding hydrogens is 260 g/mol. The summed E-state index contributed by atoms with van der Waals surface area (Å²) in [4.78, 5) is 18.1. The fourth-order valence-corrected chi connectivity index (χ4v) is 1.85. The van der Waals surface area contributed by atoms with Crippen molar-refractivity contribution in [1.82, 2.24) is 9.55 Å². The second-order valence-electron chi connectivity index (χ2n) is 4.17. The van der Waals surface area contributed by atoms with Gasteiger partial charge < -0.3 is 15.2 Å². The molecule has 0 aliphatic rings. The maximum atomic E-state index is 12.3. The first-order valence-electron chi connectivity index (χ1n) is 5.65. The van der Waals surface area contributed by atoms with Gasteiger partial charge in [0.15, 0.2) is 0 Å². The minimum absolute atomic E-state index is 0.139. The minimum atomic E-state index is -0.139. The molecular formula is C13H14N4OS. The molecule has 0 bridgehead atoms. The third-order valence-electron chi connectivity index (χ3n) is 2.86. The summed E-state index contributed by atoms with van der Waals surface area (Å²) in [7, 11) is 3.48. The van der Waals surface area contributed by atoms with Gasteiger partial charge in [0, 0.05) is 25.3 Å². The number of aryl methyl sites for hydroxylation is 1. The van der Waals surface area contributed by atoms with Crippen molar-refractivity contribution in [2.24, 2.45) is 12.8 Å². The summed E-state index contributed by atoms with van der Waals surface area (Å²) in [5, 5.41) is 0. The molecule has 2 rings (SSSR count). The number of anilines is 1. The van der Waals surface area contributed by atoms with Gasteiger partial charge in [-0.3, -0.25) is 4.79 Å². The highest BCUT2D eigenvalue weighted by atomic mass is 32.1. The summed E-state index contributed by atoms with van der Waals surface area (Å²) >= 11 is 4.93. The van der Waals surface area contributed by atoms with E-state index in [-0.39, 0.29) is 5.91 Å². The topological polar surface area (TPSA) is 64.2 Å². The summed E-state index contributed by atoms with van der Waals surface area (Å²) in [6.45, 7) is 0. The minimum Gasteiger partial charge on any atom is -0.389 e. The van der Waals surface area contributed by atoms with Gasteiger partial charge in [-0.25, -0.2) is 4.98 Å². The molecule has 0 aliphatic carbocycles. The van der Waals surface area contributed by atoms with Crippen LogP contribution in [0.1, 0.15) is 16.1 Å². The number of benzene rings is 1. The van der Waals surface area contributed by atoms with Gasteiger partial charge in [0.25, 0.3) is 5.91 Å². The van der Waals surface area contributed by atoms with E-state index >= 15 is 0 Å². The molecule has 0 unspecified atom stereocenters. The molecule has 0 saturated carbocycles. The van der Waals surface area contributed by atoms with Crippen molar-refractivity contribution < 1.29 is 4.79 Å². The lowest BCUT2D eigenvalue weighted by Crippen LogP contribution is -2.28. The average Bonchev–Trinajstić information content (AvgIpc) is 2.83. The molecule has 6 heteroatoms. The first-order valence-corrected chi connectivity index (χ1v) is 6.06. The quantitative estimate of drug-likeness (QED) is 0.858. The third kappa shape index (κ3) is 2.63. The van der Waals surface area contributed by atoms with Gasteiger partial charge in [0.2, 0.25) is 0 Å². The molecule has 1 heterocycles. The molecule has 0 fully saturated rings. The van der Waals surface area contributed by atoms with E-state index < -0.39 is 0 Å². The number of aromatic nitrogens is 2. The number of hydrogen-bond acceptors (Lipinski definition) is 3. The van der Waals surface area contributed by atoms with Crippen LogP contribution in [-0.2, 0) is 7.05 Å². The lowest BCUT2D eigenvalue weighted by molar-refractivity contribution is 0.0985. The van der Waals surface area contributed by atoms with E-state index in [0.29, 0.717) is 10.7 Å². The average molecular weight is 274 g/mol. The van der Waals surface area contributed by atoms with E-state index in [1.807, 2.05) is 18.2 Å². The fourth-order valence-electron chi connectivity index (χ4n) is 1.72. The largest absolute Gasteiger partial charge is 0.389 e. The van der Waals surface area contributed by atoms with E-state index in [2.05, 4.69) is 4.98 Å². The number of thiocarbonyl (C=S) groups is 1. The van der Waals surface area contributed by atoms with Crippen LogP contribution in [0.15, 0.2) is 36.8 Å². The van der Waals surface area contributed by atoms with Crippen LogP contribution in [-0.4, -0.2) is 27.5 Å². The van der Waals surface area contributed by atoms with E-state index in [9.17, 15) is 4.79 Å². The molecule has 19 heavy (non-hydrogen) atoms. The number of amides is 1. The zero-order valence-corrected chi connectivity index (χ0v) is 11.5. The van der Waals surface area contributed by atoms with Gasteiger partial charge >= 0.3 is 0 Å². The Morgan fingerprint density at radius 3 is 2.79 bits per heavy atom. The lowest BCUT2D eigenvalue weighted by Gasteiger charge is -2.18. The van der Waals surface area contributed by atoms with E-state index in [1.165, 1.54) is 6.20 Å². The van der Waals surface area contributed by atoms with Crippen LogP contribution in [0.25, 0.3) is 0 Å². The molecule has 0 spiro atoms. The Bertz CT molecular complexity index is 635. The van der Waals surface area contributed by atoms with Crippen LogP contribution < -0.4 is 10.6 Å². The Morgan fingerprint density at radius 1 is 1.47 bits per heavy atom. The van der Waals surface area contributed by atoms with Crippen molar-refractivity contribution >= 4 is 28.8 Å². The summed E-state index contributed by atoms with van der Waals surface area (Å²) < 4.78 is 1.68. The Hall–Kier alpha value is -2.21. The van der Waals surface area contributed by atoms with Crippen LogP contribution in [0, 0.1) is 0 Å². The molecule has 1 aromatic heterocycles. The Balaban J connectivity index is 2.32. The summed E-state index contributed by atoms with van der Waals surface area (Å²) in [5.74, 6) is -0.139. The van der Waals surface area contributed by atoms with E-state index in [4.69, 9.17) is 18.0 Å². The maximum absolute atomic E-state index is 12.3. The Labute approximate surface area is 116 Å². The number of nitrogens with zero attached hydrogens (tertiary/aromatic N) is 3. The van der Waals surface area contributed by atoms with Crippen molar-refractivity contribution in [2.45, 2.75) is 0 Å². The highest BCUT2D eigenvalue weighted by Gasteiger charge is 2.16. The maximum Gasteiger partial charge on any atom is 0.276 e. The third-order valence-corrected chi connectivity index (χ3v) is 3.09. The van der Waals surface area contributed by atoms with Gasteiger partial charge in [0.05, 0.1) is 12.5 Å². The summed E-state index contributed by atoms with van der Waals surface area (Å²) in [6, 6.07) is 7.25. The highest BCUT2D eigenvalue weighted by Crippen LogP contribution is 2.17. The standard InChI is InChI=1S/C13H14N4OS/c1-16-8-15-7-11(16)13(18)17(2)10-5-3-4-9(6-10)12(14)19/h3-8H,1-2H3,(H2,14,19). The van der Waals surface area contributed by atoms with Crippen molar-refractivity contribution in [2.75, 3.05) is 11.9 Å². The molecule has 1 aromatic carbocycles. The van der Waals surface area contributed by atoms with Gasteiger partial charge in [-0.05, 0) is 12.1 Å². The normalized spacial score (nSPS) is 10.2. The molecule has 0 saturated heterocycles. The van der Waals surface area contributed by atoms with Crippen molar-refractivity contribution in [3.05, 3.63) is 48.0 Å². The van der Waals surface area contributed by atoms with Crippen LogP contribution in [0.5, 0.6) is 0 Å². The monoisotopic (exact) mass is 274 g/mol. The Morgan fingerprint density at radius 2 is 2.21 bits per heavy atom. The van der Waals surface area contributed by atoms with Crippen molar-refractivity contribution in [3.63, 3.8) is 0 Å². The fraction of sp³-hybridized carbons (Fsp3) is 0.154.